The lowest BCUT2D eigenvalue weighted by Gasteiger charge is -2.35. The third-order valence-electron chi connectivity index (χ3n) is 17.1. The highest BCUT2D eigenvalue weighted by atomic mass is 15.0. The zero-order valence-corrected chi connectivity index (χ0v) is 46.6. The molecule has 0 saturated carbocycles. The first-order valence-corrected chi connectivity index (χ1v) is 27.7. The molecule has 12 aromatic rings. The van der Waals surface area contributed by atoms with E-state index in [0.29, 0.717) is 5.82 Å². The summed E-state index contributed by atoms with van der Waals surface area (Å²) < 4.78 is 5.22. The lowest BCUT2D eigenvalue weighted by Crippen LogP contribution is -2.59. The summed E-state index contributed by atoms with van der Waals surface area (Å²) in [4.78, 5) is 11.3. The average molecular weight is 997 g/mol. The van der Waals surface area contributed by atoms with Gasteiger partial charge >= 0.3 is 0 Å². The van der Waals surface area contributed by atoms with Gasteiger partial charge in [-0.15, -0.1) is 0 Å². The maximum Gasteiger partial charge on any atom is 0.252 e. The van der Waals surface area contributed by atoms with E-state index in [4.69, 9.17) is 9.97 Å². The molecule has 4 nitrogen and oxygen atoms in total. The summed E-state index contributed by atoms with van der Waals surface area (Å²) >= 11 is 0. The second kappa shape index (κ2) is 16.3. The molecule has 0 amide bonds. The van der Waals surface area contributed by atoms with E-state index < -0.39 is 0 Å². The van der Waals surface area contributed by atoms with E-state index >= 15 is 0 Å². The molecule has 376 valence electrons. The first-order chi connectivity index (χ1) is 36.7. The van der Waals surface area contributed by atoms with Crippen LogP contribution in [0.3, 0.4) is 0 Å². The number of hydrogen-bond donors (Lipinski definition) is 0. The van der Waals surface area contributed by atoms with Gasteiger partial charge in [0.1, 0.15) is 0 Å². The smallest absolute Gasteiger partial charge is 0.252 e. The highest BCUT2D eigenvalue weighted by Gasteiger charge is 2.43. The summed E-state index contributed by atoms with van der Waals surface area (Å²) in [6, 6.07) is 66.7. The summed E-state index contributed by atoms with van der Waals surface area (Å²) in [7, 11) is 0. The lowest BCUT2D eigenvalue weighted by molar-refractivity contribution is 0.569. The van der Waals surface area contributed by atoms with Crippen LogP contribution >= 0.6 is 0 Å². The molecular weight excluding hydrogens is 932 g/mol. The van der Waals surface area contributed by atoms with Gasteiger partial charge < -0.3 is 9.13 Å². The maximum atomic E-state index is 5.77. The van der Waals surface area contributed by atoms with Crippen LogP contribution in [0, 0.1) is 0 Å². The second-order valence-corrected chi connectivity index (χ2v) is 26.4. The minimum atomic E-state index is -0.103. The molecule has 0 fully saturated rings. The van der Waals surface area contributed by atoms with Crippen molar-refractivity contribution in [3.63, 3.8) is 0 Å². The molecule has 0 N–H and O–H groups in total. The van der Waals surface area contributed by atoms with E-state index in [1.807, 2.05) is 0 Å². The Balaban J connectivity index is 1.14. The molecule has 0 bridgehead atoms. The molecule has 2 aliphatic heterocycles. The predicted molar refractivity (Wildman–Crippen MR) is 329 cm³/mol. The van der Waals surface area contributed by atoms with Gasteiger partial charge in [-0.1, -0.05) is 192 Å². The number of nitrogens with zero attached hydrogens (tertiary/aromatic N) is 4. The van der Waals surface area contributed by atoms with Gasteiger partial charge in [0.2, 0.25) is 0 Å². The van der Waals surface area contributed by atoms with Crippen LogP contribution in [-0.2, 0) is 21.7 Å². The monoisotopic (exact) mass is 997 g/mol. The fourth-order valence-electron chi connectivity index (χ4n) is 12.7. The largest absolute Gasteiger partial charge is 0.310 e. The highest BCUT2D eigenvalue weighted by Crippen LogP contribution is 2.45. The number of fused-ring (bicyclic) bond motifs is 11. The number of hydrogen-bond acceptors (Lipinski definition) is 2. The van der Waals surface area contributed by atoms with Crippen LogP contribution < -0.4 is 16.4 Å². The minimum Gasteiger partial charge on any atom is -0.310 e. The Hall–Kier alpha value is -8.02. The molecule has 5 heteroatoms. The zero-order valence-electron chi connectivity index (χ0n) is 46.6. The standard InChI is InChI=1S/C72H65BN4/c1-69(2,3)48-31-46(32-49(37-48)70(4,5)6)65-52-25-19-20-26-59(52)74-68(75-65)47-35-62-64-63(36-47)77-61-30-28-45(43-23-17-14-18-24-43)34-54(61)56-39-51(72(10,11)12)41-58(67(56)77)73(64)57-40-50(71(7,8)9)38-55-53-33-44(42-21-15-13-16-22-42)27-29-60(53)76(62)66(55)57/h13-41H,1-12H3. The minimum absolute atomic E-state index is 0.0523. The van der Waals surface area contributed by atoms with Crippen LogP contribution in [0.15, 0.2) is 176 Å². The Morgan fingerprint density at radius 2 is 0.779 bits per heavy atom. The molecule has 77 heavy (non-hydrogen) atoms. The van der Waals surface area contributed by atoms with Gasteiger partial charge in [0.05, 0.1) is 22.2 Å². The van der Waals surface area contributed by atoms with Crippen LogP contribution in [0.1, 0.15) is 105 Å². The molecule has 5 heterocycles. The second-order valence-electron chi connectivity index (χ2n) is 26.4. The van der Waals surface area contributed by atoms with Crippen LogP contribution in [0.4, 0.5) is 0 Å². The van der Waals surface area contributed by atoms with Crippen molar-refractivity contribution < 1.29 is 0 Å². The molecule has 0 unspecified atom stereocenters. The highest BCUT2D eigenvalue weighted by molar-refractivity contribution is 7.00. The number of para-hydroxylation sites is 1. The molecule has 0 aliphatic carbocycles. The van der Waals surface area contributed by atoms with Crippen molar-refractivity contribution in [2.24, 2.45) is 0 Å². The van der Waals surface area contributed by atoms with Gasteiger partial charge in [0.25, 0.3) is 6.71 Å². The Bertz CT molecular complexity index is 4230. The Labute approximate surface area is 453 Å². The summed E-state index contributed by atoms with van der Waals surface area (Å²) in [6.45, 7) is 28.0. The molecule has 3 aromatic heterocycles. The zero-order chi connectivity index (χ0) is 53.2. The van der Waals surface area contributed by atoms with E-state index in [1.54, 1.807) is 0 Å². The fourth-order valence-corrected chi connectivity index (χ4v) is 12.7. The van der Waals surface area contributed by atoms with Crippen molar-refractivity contribution in [1.29, 1.82) is 0 Å². The average Bonchev–Trinajstić information content (AvgIpc) is 4.02. The SMILES string of the molecule is CC(C)(C)c1cc(-c2nc(-c3cc4c5c(c3)-n3c6ccc(-c7ccccc7)cc6c6cc(C(C)(C)C)cc(c63)B5c3cc(C(C)(C)C)cc5c6cc(-c7ccccc7)ccc6n-4c35)nc3ccccc23)cc(C(C)(C)C)c1. The topological polar surface area (TPSA) is 35.6 Å². The summed E-state index contributed by atoms with van der Waals surface area (Å²) in [5, 5.41) is 6.15. The summed E-state index contributed by atoms with van der Waals surface area (Å²) in [6.07, 6.45) is 0. The van der Waals surface area contributed by atoms with E-state index in [1.165, 1.54) is 116 Å². The fraction of sp³-hybridized carbons (Fsp3) is 0.222. The molecule has 0 atom stereocenters. The van der Waals surface area contributed by atoms with Crippen molar-refractivity contribution in [3.05, 3.63) is 198 Å². The van der Waals surface area contributed by atoms with E-state index in [-0.39, 0.29) is 28.4 Å². The van der Waals surface area contributed by atoms with Crippen molar-refractivity contribution in [1.82, 2.24) is 19.1 Å². The van der Waals surface area contributed by atoms with Gasteiger partial charge in [-0.2, -0.15) is 0 Å². The Morgan fingerprint density at radius 3 is 1.25 bits per heavy atom. The van der Waals surface area contributed by atoms with Gasteiger partial charge in [-0.05, 0) is 149 Å². The third-order valence-corrected chi connectivity index (χ3v) is 17.1. The molecular formula is C72H65BN4. The van der Waals surface area contributed by atoms with Crippen LogP contribution in [0.25, 0.3) is 111 Å². The Kier molecular flexibility index (Phi) is 10.0. The summed E-state index contributed by atoms with van der Waals surface area (Å²) in [5.41, 5.74) is 25.1. The number of aromatic nitrogens is 4. The van der Waals surface area contributed by atoms with Gasteiger partial charge in [0.15, 0.2) is 5.82 Å². The van der Waals surface area contributed by atoms with Crippen LogP contribution in [0.2, 0.25) is 0 Å². The van der Waals surface area contributed by atoms with Crippen LogP contribution in [-0.4, -0.2) is 25.8 Å². The number of benzene rings is 9. The quantitative estimate of drug-likeness (QED) is 0.165. The maximum absolute atomic E-state index is 5.77. The summed E-state index contributed by atoms with van der Waals surface area (Å²) in [5.74, 6) is 0.716. The predicted octanol–water partition coefficient (Wildman–Crippen LogP) is 16.8. The molecule has 0 radical (unpaired) electrons. The number of rotatable bonds is 4. The van der Waals surface area contributed by atoms with Gasteiger partial charge in [0, 0.05) is 60.5 Å². The first-order valence-electron chi connectivity index (χ1n) is 27.7. The molecule has 0 saturated heterocycles. The van der Waals surface area contributed by atoms with Crippen molar-refractivity contribution >= 4 is 77.6 Å². The van der Waals surface area contributed by atoms with Gasteiger partial charge in [-0.3, -0.25) is 0 Å². The van der Waals surface area contributed by atoms with Crippen LogP contribution in [0.5, 0.6) is 0 Å². The molecule has 0 spiro atoms. The lowest BCUT2D eigenvalue weighted by atomic mass is 9.34. The Morgan fingerprint density at radius 1 is 0.338 bits per heavy atom. The normalized spacial score (nSPS) is 13.4. The van der Waals surface area contributed by atoms with Crippen molar-refractivity contribution in [2.75, 3.05) is 0 Å². The van der Waals surface area contributed by atoms with E-state index in [0.717, 1.165) is 27.7 Å². The first kappa shape index (κ1) is 47.4. The van der Waals surface area contributed by atoms with Crippen molar-refractivity contribution in [3.8, 4) is 56.3 Å². The van der Waals surface area contributed by atoms with E-state index in [9.17, 15) is 0 Å². The van der Waals surface area contributed by atoms with Gasteiger partial charge in [-0.25, -0.2) is 9.97 Å². The van der Waals surface area contributed by atoms with E-state index in [2.05, 4.69) is 268 Å². The van der Waals surface area contributed by atoms with Crippen molar-refractivity contribution in [2.45, 2.75) is 105 Å². The molecule has 14 rings (SSSR count). The third kappa shape index (κ3) is 7.33. The molecule has 2 aliphatic rings. The molecule has 9 aromatic carbocycles.